The fraction of sp³-hybridized carbons (Fsp3) is 0.548. The van der Waals surface area contributed by atoms with E-state index in [4.69, 9.17) is 28.9 Å². The van der Waals surface area contributed by atoms with Crippen LogP contribution in [0.3, 0.4) is 0 Å². The Morgan fingerprint density at radius 3 is 2.46 bits per heavy atom. The van der Waals surface area contributed by atoms with Crippen molar-refractivity contribution in [1.29, 1.82) is 0 Å². The van der Waals surface area contributed by atoms with Crippen molar-refractivity contribution in [2.75, 3.05) is 0 Å². The normalized spacial score (nSPS) is 25.8. The van der Waals surface area contributed by atoms with Gasteiger partial charge in [0.2, 0.25) is 5.91 Å². The molecule has 0 saturated heterocycles. The van der Waals surface area contributed by atoms with E-state index in [0.29, 0.717) is 40.8 Å². The summed E-state index contributed by atoms with van der Waals surface area (Å²) < 4.78 is 54.2. The Morgan fingerprint density at radius 2 is 1.80 bits per heavy atom. The summed E-state index contributed by atoms with van der Waals surface area (Å²) in [6, 6.07) is 6.66. The molecule has 2 aromatic carbocycles. The maximum atomic E-state index is 14.9. The van der Waals surface area contributed by atoms with E-state index in [-0.39, 0.29) is 42.6 Å². The number of halogens is 6. The third-order valence-electron chi connectivity index (χ3n) is 9.36. The number of nitrogens with one attached hydrogen (secondary N) is 1. The maximum Gasteiger partial charge on any atom is 0.416 e. The molecule has 4 fully saturated rings. The van der Waals surface area contributed by atoms with E-state index in [0.717, 1.165) is 49.8 Å². The Labute approximate surface area is 247 Å². The number of carbonyl (C=O) groups excluding carboxylic acids is 2. The highest BCUT2D eigenvalue weighted by Gasteiger charge is 2.53. The first-order valence-electron chi connectivity index (χ1n) is 14.3. The number of carbonyl (C=O) groups is 2. The molecule has 0 heterocycles. The summed E-state index contributed by atoms with van der Waals surface area (Å²) in [4.78, 5) is 27.4. The van der Waals surface area contributed by atoms with Crippen LogP contribution >= 0.6 is 23.2 Å². The highest BCUT2D eigenvalue weighted by atomic mass is 35.5. The van der Waals surface area contributed by atoms with Gasteiger partial charge in [-0.3, -0.25) is 9.59 Å². The van der Waals surface area contributed by atoms with Gasteiger partial charge in [-0.1, -0.05) is 41.8 Å². The van der Waals surface area contributed by atoms with Crippen LogP contribution in [0.25, 0.3) is 0 Å². The summed E-state index contributed by atoms with van der Waals surface area (Å²) in [5, 5.41) is 3.81. The minimum atomic E-state index is -4.69. The Morgan fingerprint density at radius 1 is 1.05 bits per heavy atom. The summed E-state index contributed by atoms with van der Waals surface area (Å²) in [6.45, 7) is 0. The molecule has 2 aromatic rings. The molecule has 4 unspecified atom stereocenters. The highest BCUT2D eigenvalue weighted by Crippen LogP contribution is 2.50. The predicted molar refractivity (Wildman–Crippen MR) is 150 cm³/mol. The number of hydrogen-bond donors (Lipinski definition) is 2. The van der Waals surface area contributed by atoms with Crippen molar-refractivity contribution in [3.05, 3.63) is 69.0 Å². The number of benzene rings is 2. The summed E-state index contributed by atoms with van der Waals surface area (Å²) in [6.07, 6.45) is 1.84. The zero-order valence-corrected chi connectivity index (χ0v) is 24.1. The SMILES string of the molecule is NC1CC2CCC(C1)C(CC(=O)[C@H](CCc1ccc(Cl)cc1Cl)NC(=O)C1(c3ccc(C(F)(F)F)cc3F)CC1)C2. The van der Waals surface area contributed by atoms with Gasteiger partial charge >= 0.3 is 6.18 Å². The Kier molecular flexibility index (Phi) is 8.76. The lowest BCUT2D eigenvalue weighted by Gasteiger charge is -2.33. The van der Waals surface area contributed by atoms with Crippen molar-refractivity contribution in [2.24, 2.45) is 23.5 Å². The van der Waals surface area contributed by atoms with Crippen LogP contribution < -0.4 is 11.1 Å². The number of Topliss-reactive ketones (excluding diaryl/α,β-unsaturated/α-hetero) is 1. The average molecular weight is 614 g/mol. The van der Waals surface area contributed by atoms with E-state index in [1.807, 2.05) is 0 Å². The van der Waals surface area contributed by atoms with Crippen LogP contribution in [-0.4, -0.2) is 23.8 Å². The van der Waals surface area contributed by atoms with E-state index < -0.39 is 34.9 Å². The van der Waals surface area contributed by atoms with E-state index in [9.17, 15) is 27.2 Å². The third kappa shape index (κ3) is 6.75. The van der Waals surface area contributed by atoms with Gasteiger partial charge in [0.25, 0.3) is 0 Å². The van der Waals surface area contributed by atoms with Crippen molar-refractivity contribution in [1.82, 2.24) is 5.32 Å². The molecular formula is C31H34Cl2F4N2O2. The standard InChI is InChI=1S/C31H34Cl2F4N2O2/c32-22-6-3-18(25(33)16-22)4-8-27(28(40)14-20-11-17-1-2-19(20)13-23(38)12-17)39-29(41)30(9-10-30)24-7-5-21(15-26(24)34)31(35,36)37/h3,5-7,15-17,19-20,23,27H,1-2,4,8-14,38H2,(H,39,41)/t17?,19?,20?,23?,27-/m0/s1. The molecule has 0 radical (unpaired) electrons. The first-order valence-corrected chi connectivity index (χ1v) is 15.0. The molecule has 4 saturated carbocycles. The van der Waals surface area contributed by atoms with E-state index in [1.54, 1.807) is 18.2 Å². The van der Waals surface area contributed by atoms with Gasteiger partial charge in [-0.2, -0.15) is 13.2 Å². The minimum absolute atomic E-state index is 0.0787. The number of fused-ring (bicyclic) bond motifs is 4. The summed E-state index contributed by atoms with van der Waals surface area (Å²) >= 11 is 12.4. The maximum absolute atomic E-state index is 14.9. The van der Waals surface area contributed by atoms with Gasteiger partial charge in [0.15, 0.2) is 5.78 Å². The van der Waals surface area contributed by atoms with Crippen molar-refractivity contribution in [3.63, 3.8) is 0 Å². The average Bonchev–Trinajstić information content (AvgIpc) is 3.73. The van der Waals surface area contributed by atoms with E-state index in [2.05, 4.69) is 5.32 Å². The van der Waals surface area contributed by atoms with Gasteiger partial charge in [0, 0.05) is 28.1 Å². The Balaban J connectivity index is 1.35. The number of alkyl halides is 3. The van der Waals surface area contributed by atoms with Crippen LogP contribution in [0.15, 0.2) is 36.4 Å². The third-order valence-corrected chi connectivity index (χ3v) is 9.95. The quantitative estimate of drug-likeness (QED) is 0.290. The number of amides is 1. The van der Waals surface area contributed by atoms with Crippen LogP contribution in [0, 0.1) is 23.6 Å². The van der Waals surface area contributed by atoms with Crippen molar-refractivity contribution in [3.8, 4) is 0 Å². The smallest absolute Gasteiger partial charge is 0.346 e. The second kappa shape index (κ2) is 11.8. The van der Waals surface area contributed by atoms with Gasteiger partial charge in [-0.15, -0.1) is 0 Å². The first-order chi connectivity index (χ1) is 19.4. The molecule has 222 valence electrons. The lowest BCUT2D eigenvalue weighted by molar-refractivity contribution is -0.137. The molecule has 5 atom stereocenters. The number of aryl methyl sites for hydroxylation is 1. The second-order valence-electron chi connectivity index (χ2n) is 12.2. The number of hydrogen-bond acceptors (Lipinski definition) is 3. The zero-order valence-electron chi connectivity index (χ0n) is 22.6. The number of ketones is 1. The second-order valence-corrected chi connectivity index (χ2v) is 13.0. The van der Waals surface area contributed by atoms with Crippen molar-refractivity contribution < 1.29 is 27.2 Å². The largest absolute Gasteiger partial charge is 0.416 e. The highest BCUT2D eigenvalue weighted by molar-refractivity contribution is 6.35. The van der Waals surface area contributed by atoms with Crippen LogP contribution in [0.2, 0.25) is 10.0 Å². The van der Waals surface area contributed by atoms with Gasteiger partial charge in [0.05, 0.1) is 17.0 Å². The molecule has 10 heteroatoms. The Bertz CT molecular complexity index is 1310. The topological polar surface area (TPSA) is 72.2 Å². The molecule has 0 aliphatic heterocycles. The molecule has 3 N–H and O–H groups in total. The summed E-state index contributed by atoms with van der Waals surface area (Å²) in [7, 11) is 0. The minimum Gasteiger partial charge on any atom is -0.346 e. The summed E-state index contributed by atoms with van der Waals surface area (Å²) in [5.74, 6) is -0.658. The van der Waals surface area contributed by atoms with Crippen LogP contribution in [-0.2, 0) is 27.6 Å². The van der Waals surface area contributed by atoms with Gasteiger partial charge in [0.1, 0.15) is 5.82 Å². The molecule has 4 aliphatic rings. The molecule has 0 aromatic heterocycles. The molecule has 4 aliphatic carbocycles. The van der Waals surface area contributed by atoms with Crippen LogP contribution in [0.1, 0.15) is 74.5 Å². The summed E-state index contributed by atoms with van der Waals surface area (Å²) in [5.41, 5.74) is 4.60. The van der Waals surface area contributed by atoms with Gasteiger partial charge in [-0.25, -0.2) is 4.39 Å². The number of rotatable bonds is 9. The van der Waals surface area contributed by atoms with Crippen molar-refractivity contribution >= 4 is 34.9 Å². The monoisotopic (exact) mass is 612 g/mol. The molecule has 2 bridgehead atoms. The Hall–Kier alpha value is -2.16. The lowest BCUT2D eigenvalue weighted by atomic mass is 9.73. The van der Waals surface area contributed by atoms with Gasteiger partial charge < -0.3 is 11.1 Å². The van der Waals surface area contributed by atoms with Crippen LogP contribution in [0.4, 0.5) is 17.6 Å². The predicted octanol–water partition coefficient (Wildman–Crippen LogP) is 7.41. The van der Waals surface area contributed by atoms with Gasteiger partial charge in [-0.05, 0) is 98.9 Å². The zero-order chi connectivity index (χ0) is 29.5. The van der Waals surface area contributed by atoms with Crippen molar-refractivity contribution in [2.45, 2.75) is 87.9 Å². The van der Waals surface area contributed by atoms with E-state index >= 15 is 0 Å². The molecule has 6 rings (SSSR count). The number of nitrogens with two attached hydrogens (primary N) is 1. The fourth-order valence-corrected chi connectivity index (χ4v) is 7.47. The first kappa shape index (κ1) is 30.3. The molecule has 1 amide bonds. The van der Waals surface area contributed by atoms with Crippen LogP contribution in [0.5, 0.6) is 0 Å². The molecular weight excluding hydrogens is 579 g/mol. The molecule has 4 nitrogen and oxygen atoms in total. The fourth-order valence-electron chi connectivity index (χ4n) is 6.97. The molecule has 41 heavy (non-hydrogen) atoms. The lowest BCUT2D eigenvalue weighted by Crippen LogP contribution is -2.47. The molecule has 0 spiro atoms. The van der Waals surface area contributed by atoms with E-state index in [1.165, 1.54) is 0 Å².